The van der Waals surface area contributed by atoms with Gasteiger partial charge < -0.3 is 5.43 Å². The van der Waals surface area contributed by atoms with Crippen molar-refractivity contribution in [3.63, 3.8) is 0 Å². The molecule has 0 radical (unpaired) electrons. The van der Waals surface area contributed by atoms with E-state index in [2.05, 4.69) is 33.4 Å². The zero-order valence-corrected chi connectivity index (χ0v) is 8.80. The average molecular weight is 280 g/mol. The second-order valence-corrected chi connectivity index (χ2v) is 3.64. The minimum absolute atomic E-state index is 0.861. The van der Waals surface area contributed by atoms with E-state index in [0.717, 1.165) is 9.26 Å². The Kier molecular flexibility index (Phi) is 3.74. The van der Waals surface area contributed by atoms with E-state index in [-0.39, 0.29) is 0 Å². The van der Waals surface area contributed by atoms with Crippen LogP contribution in [0.25, 0.3) is 0 Å². The number of nitrogens with one attached hydrogen (secondary N) is 2. The first-order chi connectivity index (χ1) is 5.68. The van der Waals surface area contributed by atoms with Gasteiger partial charge in [-0.2, -0.15) is 0 Å². The van der Waals surface area contributed by atoms with Crippen LogP contribution in [-0.2, 0) is 0 Å². The molecule has 0 spiro atoms. The largest absolute Gasteiger partial charge is 0.319 e. The van der Waals surface area contributed by atoms with Gasteiger partial charge in [0.25, 0.3) is 0 Å². The molecule has 1 unspecified atom stereocenters. The summed E-state index contributed by atoms with van der Waals surface area (Å²) in [7, 11) is 0. The van der Waals surface area contributed by atoms with Gasteiger partial charge in [-0.05, 0) is 53.8 Å². The summed E-state index contributed by atoms with van der Waals surface area (Å²) in [5.41, 5.74) is 6.07. The molecule has 0 fully saturated rings. The second kappa shape index (κ2) is 4.61. The van der Waals surface area contributed by atoms with Crippen molar-refractivity contribution < 1.29 is 4.39 Å². The molecule has 1 atom stereocenters. The number of hydrogen-bond donors (Lipinski definition) is 2. The van der Waals surface area contributed by atoms with Gasteiger partial charge in [0, 0.05) is 9.26 Å². The molecule has 0 aliphatic heterocycles. The normalized spacial score (nSPS) is 12.6. The maximum absolute atomic E-state index is 12.3. The fourth-order valence-electron chi connectivity index (χ4n) is 0.716. The lowest BCUT2D eigenvalue weighted by molar-refractivity contribution is 0.317. The van der Waals surface area contributed by atoms with Crippen molar-refractivity contribution in [3.05, 3.63) is 27.8 Å². The Morgan fingerprint density at radius 2 is 1.92 bits per heavy atom. The molecule has 1 aromatic carbocycles. The van der Waals surface area contributed by atoms with Crippen molar-refractivity contribution in [2.45, 2.75) is 13.2 Å². The zero-order valence-electron chi connectivity index (χ0n) is 6.64. The Morgan fingerprint density at radius 3 is 2.42 bits per heavy atom. The highest BCUT2D eigenvalue weighted by Gasteiger charge is 1.94. The lowest BCUT2D eigenvalue weighted by Gasteiger charge is -2.08. The highest BCUT2D eigenvalue weighted by Crippen LogP contribution is 2.09. The highest BCUT2D eigenvalue weighted by atomic mass is 127. The maximum atomic E-state index is 12.3. The van der Waals surface area contributed by atoms with E-state index in [1.54, 1.807) is 0 Å². The van der Waals surface area contributed by atoms with E-state index in [9.17, 15) is 4.39 Å². The lowest BCUT2D eigenvalue weighted by atomic mass is 10.3. The first-order valence-electron chi connectivity index (χ1n) is 3.59. The van der Waals surface area contributed by atoms with Crippen LogP contribution in [0.2, 0.25) is 0 Å². The molecular formula is C8H10FIN2. The van der Waals surface area contributed by atoms with Gasteiger partial charge in [0.05, 0.1) is 0 Å². The molecule has 1 aromatic rings. The summed E-state index contributed by atoms with van der Waals surface area (Å²) < 4.78 is 13.5. The van der Waals surface area contributed by atoms with Crippen molar-refractivity contribution in [1.29, 1.82) is 0 Å². The molecule has 2 N–H and O–H groups in total. The van der Waals surface area contributed by atoms with Crippen molar-refractivity contribution in [2.24, 2.45) is 0 Å². The summed E-state index contributed by atoms with van der Waals surface area (Å²) in [6.07, 6.45) is -1.05. The number of hydrazine groups is 1. The van der Waals surface area contributed by atoms with E-state index in [1.165, 1.54) is 6.92 Å². The van der Waals surface area contributed by atoms with E-state index >= 15 is 0 Å². The predicted molar refractivity (Wildman–Crippen MR) is 56.5 cm³/mol. The molecule has 0 saturated carbocycles. The minimum atomic E-state index is -1.05. The van der Waals surface area contributed by atoms with Crippen LogP contribution in [0.5, 0.6) is 0 Å². The standard InChI is InChI=1S/C8H10FIN2/c1-6(9)11-12-8-4-2-7(10)3-5-8/h2-6,11-12H,1H3. The molecule has 0 heterocycles. The SMILES string of the molecule is CC(F)NNc1ccc(I)cc1. The average Bonchev–Trinajstić information content (AvgIpc) is 2.03. The molecule has 4 heteroatoms. The minimum Gasteiger partial charge on any atom is -0.319 e. The van der Waals surface area contributed by atoms with Crippen LogP contribution in [0, 0.1) is 3.57 Å². The van der Waals surface area contributed by atoms with Gasteiger partial charge in [-0.15, -0.1) is 0 Å². The van der Waals surface area contributed by atoms with Gasteiger partial charge >= 0.3 is 0 Å². The van der Waals surface area contributed by atoms with Crippen molar-refractivity contribution in [2.75, 3.05) is 5.43 Å². The molecule has 0 aliphatic carbocycles. The van der Waals surface area contributed by atoms with E-state index in [4.69, 9.17) is 0 Å². The zero-order chi connectivity index (χ0) is 8.97. The monoisotopic (exact) mass is 280 g/mol. The van der Waals surface area contributed by atoms with Gasteiger partial charge in [-0.25, -0.2) is 9.82 Å². The number of hydrogen-bond acceptors (Lipinski definition) is 2. The fraction of sp³-hybridized carbons (Fsp3) is 0.250. The van der Waals surface area contributed by atoms with Crippen LogP contribution in [0.3, 0.4) is 0 Å². The van der Waals surface area contributed by atoms with Gasteiger partial charge in [-0.1, -0.05) is 0 Å². The topological polar surface area (TPSA) is 24.1 Å². The number of alkyl halides is 1. The molecule has 1 rings (SSSR count). The number of rotatable bonds is 3. The summed E-state index contributed by atoms with van der Waals surface area (Å²) in [6, 6.07) is 7.68. The Morgan fingerprint density at radius 1 is 1.33 bits per heavy atom. The summed E-state index contributed by atoms with van der Waals surface area (Å²) in [4.78, 5) is 0. The van der Waals surface area contributed by atoms with E-state index in [0.29, 0.717) is 0 Å². The molecule has 0 aromatic heterocycles. The smallest absolute Gasteiger partial charge is 0.164 e. The number of benzene rings is 1. The van der Waals surface area contributed by atoms with Crippen molar-refractivity contribution in [3.8, 4) is 0 Å². The van der Waals surface area contributed by atoms with Crippen LogP contribution in [-0.4, -0.2) is 6.30 Å². The van der Waals surface area contributed by atoms with Crippen LogP contribution in [0.4, 0.5) is 10.1 Å². The molecule has 0 amide bonds. The third-order valence-corrected chi connectivity index (χ3v) is 1.98. The summed E-state index contributed by atoms with van der Waals surface area (Å²) in [5.74, 6) is 0. The third-order valence-electron chi connectivity index (χ3n) is 1.26. The first-order valence-corrected chi connectivity index (χ1v) is 4.67. The Balaban J connectivity index is 2.48. The van der Waals surface area contributed by atoms with Gasteiger partial charge in [-0.3, -0.25) is 0 Å². The van der Waals surface area contributed by atoms with Crippen LogP contribution in [0.1, 0.15) is 6.92 Å². The Hall–Kier alpha value is -0.360. The van der Waals surface area contributed by atoms with E-state index < -0.39 is 6.30 Å². The van der Waals surface area contributed by atoms with E-state index in [1.807, 2.05) is 24.3 Å². The molecule has 0 bridgehead atoms. The molecule has 0 saturated heterocycles. The maximum Gasteiger partial charge on any atom is 0.164 e. The first kappa shape index (κ1) is 9.73. The predicted octanol–water partition coefficient (Wildman–Crippen LogP) is 2.52. The van der Waals surface area contributed by atoms with Gasteiger partial charge in [0.1, 0.15) is 0 Å². The lowest BCUT2D eigenvalue weighted by Crippen LogP contribution is -2.27. The summed E-state index contributed by atoms with van der Waals surface area (Å²) in [6.45, 7) is 1.43. The van der Waals surface area contributed by atoms with Gasteiger partial charge in [0.15, 0.2) is 6.30 Å². The molecule has 0 aliphatic rings. The number of halogens is 2. The summed E-state index contributed by atoms with van der Waals surface area (Å²) in [5, 5.41) is 0. The van der Waals surface area contributed by atoms with Crippen LogP contribution >= 0.6 is 22.6 Å². The highest BCUT2D eigenvalue weighted by molar-refractivity contribution is 14.1. The number of anilines is 1. The third kappa shape index (κ3) is 3.36. The van der Waals surface area contributed by atoms with Gasteiger partial charge in [0.2, 0.25) is 0 Å². The van der Waals surface area contributed by atoms with Crippen LogP contribution in [0.15, 0.2) is 24.3 Å². The second-order valence-electron chi connectivity index (χ2n) is 2.39. The molecular weight excluding hydrogens is 270 g/mol. The fourth-order valence-corrected chi connectivity index (χ4v) is 1.08. The Labute approximate surface area is 84.7 Å². The van der Waals surface area contributed by atoms with Crippen LogP contribution < -0.4 is 10.9 Å². The quantitative estimate of drug-likeness (QED) is 0.505. The molecule has 66 valence electrons. The van der Waals surface area contributed by atoms with Crippen molar-refractivity contribution >= 4 is 28.3 Å². The molecule has 12 heavy (non-hydrogen) atoms. The Bertz CT molecular complexity index is 235. The van der Waals surface area contributed by atoms with Crippen molar-refractivity contribution in [1.82, 2.24) is 5.43 Å². The molecule has 2 nitrogen and oxygen atoms in total. The summed E-state index contributed by atoms with van der Waals surface area (Å²) >= 11 is 2.22.